The van der Waals surface area contributed by atoms with Gasteiger partial charge in [-0.25, -0.2) is 0 Å². The van der Waals surface area contributed by atoms with E-state index in [2.05, 4.69) is 21.2 Å². The van der Waals surface area contributed by atoms with Crippen molar-refractivity contribution in [3.63, 3.8) is 0 Å². The topological polar surface area (TPSA) is 72.2 Å². The van der Waals surface area contributed by atoms with Crippen molar-refractivity contribution in [1.82, 2.24) is 0 Å². The van der Waals surface area contributed by atoms with E-state index in [1.54, 1.807) is 25.1 Å². The van der Waals surface area contributed by atoms with E-state index in [4.69, 9.17) is 11.6 Å². The van der Waals surface area contributed by atoms with Gasteiger partial charge in [-0.3, -0.25) is 14.9 Å². The van der Waals surface area contributed by atoms with Gasteiger partial charge in [-0.1, -0.05) is 11.6 Å². The molecule has 0 saturated heterocycles. The fourth-order valence-corrected chi connectivity index (χ4v) is 2.23. The summed E-state index contributed by atoms with van der Waals surface area (Å²) in [5, 5.41) is 13.9. The number of amides is 1. The quantitative estimate of drug-likeness (QED) is 0.636. The third kappa shape index (κ3) is 3.59. The molecular formula is C14H10BrClN2O3. The van der Waals surface area contributed by atoms with E-state index in [1.165, 1.54) is 18.2 Å². The maximum absolute atomic E-state index is 12.1. The minimum absolute atomic E-state index is 0.0141. The van der Waals surface area contributed by atoms with Crippen molar-refractivity contribution in [2.75, 3.05) is 5.32 Å². The zero-order valence-corrected chi connectivity index (χ0v) is 13.2. The number of nitro groups is 1. The van der Waals surface area contributed by atoms with Gasteiger partial charge in [0.05, 0.1) is 9.95 Å². The summed E-state index contributed by atoms with van der Waals surface area (Å²) < 4.78 is 0.622. The molecule has 0 atom stereocenters. The summed E-state index contributed by atoms with van der Waals surface area (Å²) in [7, 11) is 0. The maximum Gasteiger partial charge on any atom is 0.269 e. The fourth-order valence-electron chi connectivity index (χ4n) is 1.73. The molecule has 0 radical (unpaired) electrons. The fraction of sp³-hybridized carbons (Fsp3) is 0.0714. The molecule has 0 saturated carbocycles. The molecule has 2 aromatic rings. The number of hydrogen-bond acceptors (Lipinski definition) is 3. The van der Waals surface area contributed by atoms with E-state index in [-0.39, 0.29) is 11.6 Å². The van der Waals surface area contributed by atoms with Crippen LogP contribution in [0.5, 0.6) is 0 Å². The number of aryl methyl sites for hydroxylation is 1. The molecule has 0 aliphatic heterocycles. The number of nitro benzene ring substituents is 1. The van der Waals surface area contributed by atoms with Crippen LogP contribution in [0.25, 0.3) is 0 Å². The smallest absolute Gasteiger partial charge is 0.269 e. The molecule has 1 N–H and O–H groups in total. The molecule has 0 bridgehead atoms. The molecule has 2 rings (SSSR count). The molecular weight excluding hydrogens is 360 g/mol. The molecule has 21 heavy (non-hydrogen) atoms. The zero-order valence-electron chi connectivity index (χ0n) is 10.9. The van der Waals surface area contributed by atoms with Crippen molar-refractivity contribution in [3.05, 3.63) is 67.1 Å². The zero-order chi connectivity index (χ0) is 15.6. The number of hydrogen-bond donors (Lipinski definition) is 1. The highest BCUT2D eigenvalue weighted by Crippen LogP contribution is 2.25. The normalized spacial score (nSPS) is 10.2. The van der Waals surface area contributed by atoms with Crippen LogP contribution >= 0.6 is 27.5 Å². The van der Waals surface area contributed by atoms with Crippen LogP contribution in [0.3, 0.4) is 0 Å². The molecule has 5 nitrogen and oxygen atoms in total. The van der Waals surface area contributed by atoms with Gasteiger partial charge in [-0.15, -0.1) is 0 Å². The first-order valence-electron chi connectivity index (χ1n) is 5.90. The summed E-state index contributed by atoms with van der Waals surface area (Å²) in [4.78, 5) is 22.3. The second kappa shape index (κ2) is 6.24. The molecule has 0 aliphatic carbocycles. The number of rotatable bonds is 3. The van der Waals surface area contributed by atoms with Crippen LogP contribution < -0.4 is 5.32 Å². The Balaban J connectivity index is 2.23. The maximum atomic E-state index is 12.1. The molecule has 7 heteroatoms. The average molecular weight is 370 g/mol. The predicted molar refractivity (Wildman–Crippen MR) is 84.9 cm³/mol. The standard InChI is InChI=1S/C14H10BrClN2O3/c1-8-6-10(18(20)21)3-5-13(8)17-14(19)9-2-4-12(16)11(15)7-9/h2-7H,1H3,(H,17,19). The Labute approximate surface area is 134 Å². The Hall–Kier alpha value is -1.92. The molecule has 0 aliphatic rings. The summed E-state index contributed by atoms with van der Waals surface area (Å²) in [6.45, 7) is 1.69. The number of carbonyl (C=O) groups is 1. The van der Waals surface area contributed by atoms with Gasteiger partial charge < -0.3 is 5.32 Å². The van der Waals surface area contributed by atoms with Crippen LogP contribution in [-0.4, -0.2) is 10.8 Å². The van der Waals surface area contributed by atoms with Crippen molar-refractivity contribution in [3.8, 4) is 0 Å². The highest BCUT2D eigenvalue weighted by molar-refractivity contribution is 9.10. The Morgan fingerprint density at radius 2 is 2.00 bits per heavy atom. The van der Waals surface area contributed by atoms with E-state index < -0.39 is 4.92 Å². The Morgan fingerprint density at radius 1 is 1.29 bits per heavy atom. The lowest BCUT2D eigenvalue weighted by Crippen LogP contribution is -2.12. The number of carbonyl (C=O) groups excluding carboxylic acids is 1. The second-order valence-corrected chi connectivity index (χ2v) is 5.60. The number of halogens is 2. The summed E-state index contributed by atoms with van der Waals surface area (Å²) in [5.74, 6) is -0.315. The van der Waals surface area contributed by atoms with E-state index in [0.717, 1.165) is 0 Å². The number of non-ortho nitro benzene ring substituents is 1. The molecule has 0 spiro atoms. The van der Waals surface area contributed by atoms with Crippen molar-refractivity contribution in [2.45, 2.75) is 6.92 Å². The molecule has 1 amide bonds. The van der Waals surface area contributed by atoms with E-state index in [9.17, 15) is 14.9 Å². The molecule has 0 unspecified atom stereocenters. The van der Waals surface area contributed by atoms with Crippen molar-refractivity contribution >= 4 is 44.8 Å². The summed E-state index contributed by atoms with van der Waals surface area (Å²) in [6.07, 6.45) is 0. The van der Waals surface area contributed by atoms with Gasteiger partial charge in [0.1, 0.15) is 0 Å². The van der Waals surface area contributed by atoms with Gasteiger partial charge in [-0.2, -0.15) is 0 Å². The highest BCUT2D eigenvalue weighted by atomic mass is 79.9. The van der Waals surface area contributed by atoms with Gasteiger partial charge in [0.2, 0.25) is 0 Å². The summed E-state index contributed by atoms with van der Waals surface area (Å²) in [6, 6.07) is 9.09. The lowest BCUT2D eigenvalue weighted by Gasteiger charge is -2.09. The van der Waals surface area contributed by atoms with Crippen molar-refractivity contribution < 1.29 is 9.72 Å². The Morgan fingerprint density at radius 3 is 2.57 bits per heavy atom. The van der Waals surface area contributed by atoms with Gasteiger partial charge in [0, 0.05) is 27.9 Å². The molecule has 108 valence electrons. The van der Waals surface area contributed by atoms with Gasteiger partial charge in [0.15, 0.2) is 0 Å². The highest BCUT2D eigenvalue weighted by Gasteiger charge is 2.12. The molecule has 0 aromatic heterocycles. The van der Waals surface area contributed by atoms with Crippen LogP contribution in [-0.2, 0) is 0 Å². The van der Waals surface area contributed by atoms with Crippen LogP contribution in [0.4, 0.5) is 11.4 Å². The van der Waals surface area contributed by atoms with E-state index in [1.807, 2.05) is 0 Å². The second-order valence-electron chi connectivity index (χ2n) is 4.34. The Kier molecular flexibility index (Phi) is 4.59. The van der Waals surface area contributed by atoms with Crippen LogP contribution in [0.15, 0.2) is 40.9 Å². The van der Waals surface area contributed by atoms with Gasteiger partial charge in [-0.05, 0) is 52.7 Å². The van der Waals surface area contributed by atoms with Crippen LogP contribution in [0.2, 0.25) is 5.02 Å². The van der Waals surface area contributed by atoms with Crippen LogP contribution in [0, 0.1) is 17.0 Å². The van der Waals surface area contributed by atoms with Gasteiger partial charge >= 0.3 is 0 Å². The SMILES string of the molecule is Cc1cc([N+](=O)[O-])ccc1NC(=O)c1ccc(Cl)c(Br)c1. The third-order valence-corrected chi connectivity index (χ3v) is 4.06. The number of nitrogens with one attached hydrogen (secondary N) is 1. The summed E-state index contributed by atoms with van der Waals surface area (Å²) >= 11 is 9.13. The average Bonchev–Trinajstić information content (AvgIpc) is 2.43. The minimum atomic E-state index is -0.477. The lowest BCUT2D eigenvalue weighted by atomic mass is 10.1. The molecule has 2 aromatic carbocycles. The van der Waals surface area contributed by atoms with Crippen molar-refractivity contribution in [2.24, 2.45) is 0 Å². The van der Waals surface area contributed by atoms with E-state index >= 15 is 0 Å². The molecule has 0 heterocycles. The minimum Gasteiger partial charge on any atom is -0.322 e. The number of anilines is 1. The van der Waals surface area contributed by atoms with Crippen molar-refractivity contribution in [1.29, 1.82) is 0 Å². The first kappa shape index (κ1) is 15.5. The van der Waals surface area contributed by atoms with Crippen LogP contribution in [0.1, 0.15) is 15.9 Å². The monoisotopic (exact) mass is 368 g/mol. The first-order valence-corrected chi connectivity index (χ1v) is 7.07. The molecule has 0 fully saturated rings. The Bertz CT molecular complexity index is 734. The largest absolute Gasteiger partial charge is 0.322 e. The third-order valence-electron chi connectivity index (χ3n) is 2.85. The van der Waals surface area contributed by atoms with Gasteiger partial charge in [0.25, 0.3) is 11.6 Å². The predicted octanol–water partition coefficient (Wildman–Crippen LogP) is 4.57. The number of nitrogens with zero attached hydrogens (tertiary/aromatic N) is 1. The number of benzene rings is 2. The summed E-state index contributed by atoms with van der Waals surface area (Å²) in [5.41, 5.74) is 1.56. The first-order chi connectivity index (χ1) is 9.88. The lowest BCUT2D eigenvalue weighted by molar-refractivity contribution is -0.384. The van der Waals surface area contributed by atoms with E-state index in [0.29, 0.717) is 26.3 Å².